The van der Waals surface area contributed by atoms with Crippen LogP contribution in [0.5, 0.6) is 0 Å². The Labute approximate surface area is 110 Å². The molecule has 0 bridgehead atoms. The summed E-state index contributed by atoms with van der Waals surface area (Å²) in [5.74, 6) is 0. The lowest BCUT2D eigenvalue weighted by atomic mass is 10.2. The molecule has 0 N–H and O–H groups in total. The van der Waals surface area contributed by atoms with Gasteiger partial charge in [-0.25, -0.2) is 0 Å². The van der Waals surface area contributed by atoms with Crippen LogP contribution in [0.25, 0.3) is 0 Å². The van der Waals surface area contributed by atoms with Crippen LogP contribution >= 0.6 is 34.8 Å². The predicted octanol–water partition coefficient (Wildman–Crippen LogP) is 4.44. The minimum atomic E-state index is -4.73. The van der Waals surface area contributed by atoms with Crippen molar-refractivity contribution in [3.8, 4) is 0 Å². The molecule has 0 aromatic heterocycles. The van der Waals surface area contributed by atoms with Gasteiger partial charge in [-0.05, 0) is 12.1 Å². The summed E-state index contributed by atoms with van der Waals surface area (Å²) in [5.41, 5.74) is 0.381. The fourth-order valence-electron chi connectivity index (χ4n) is 0.790. The van der Waals surface area contributed by atoms with Crippen LogP contribution in [-0.4, -0.2) is 16.5 Å². The highest BCUT2D eigenvalue weighted by Crippen LogP contribution is 2.20. The Balaban J connectivity index is 2.91. The molecule has 0 aliphatic heterocycles. The van der Waals surface area contributed by atoms with Crippen molar-refractivity contribution in [2.45, 2.75) is 6.18 Å². The molecule has 0 amide bonds. The first-order chi connectivity index (χ1) is 7.80. The molecule has 1 rings (SSSR count). The molecule has 0 radical (unpaired) electrons. The van der Waals surface area contributed by atoms with Crippen molar-refractivity contribution in [3.63, 3.8) is 0 Å². The Morgan fingerprint density at radius 3 is 2.00 bits per heavy atom. The summed E-state index contributed by atoms with van der Waals surface area (Å²) >= 11 is 16.1. The average molecular weight is 303 g/mol. The molecule has 2 nitrogen and oxygen atoms in total. The van der Waals surface area contributed by atoms with Gasteiger partial charge in [0.15, 0.2) is 5.17 Å². The van der Waals surface area contributed by atoms with Gasteiger partial charge < -0.3 is 0 Å². The number of rotatable bonds is 2. The molecule has 0 aliphatic carbocycles. The van der Waals surface area contributed by atoms with Gasteiger partial charge in [0, 0.05) is 10.6 Å². The van der Waals surface area contributed by atoms with E-state index < -0.39 is 11.3 Å². The van der Waals surface area contributed by atoms with Crippen molar-refractivity contribution >= 4 is 45.1 Å². The molecule has 1 aromatic carbocycles. The molecule has 0 saturated heterocycles. The highest BCUT2D eigenvalue weighted by molar-refractivity contribution is 6.70. The third-order valence-corrected chi connectivity index (χ3v) is 2.38. The van der Waals surface area contributed by atoms with Crippen molar-refractivity contribution < 1.29 is 13.2 Å². The lowest BCUT2D eigenvalue weighted by Crippen LogP contribution is -2.16. The first kappa shape index (κ1) is 14.3. The van der Waals surface area contributed by atoms with E-state index in [2.05, 4.69) is 10.2 Å². The highest BCUT2D eigenvalue weighted by Gasteiger charge is 2.34. The van der Waals surface area contributed by atoms with Gasteiger partial charge in [-0.15, -0.1) is 10.2 Å². The van der Waals surface area contributed by atoms with Crippen LogP contribution in [0.3, 0.4) is 0 Å². The van der Waals surface area contributed by atoms with E-state index in [4.69, 9.17) is 34.8 Å². The molecule has 0 unspecified atom stereocenters. The van der Waals surface area contributed by atoms with Gasteiger partial charge in [-0.2, -0.15) is 13.2 Å². The van der Waals surface area contributed by atoms with E-state index in [-0.39, 0.29) is 5.17 Å². The summed E-state index contributed by atoms with van der Waals surface area (Å²) in [6.45, 7) is 0. The first-order valence-electron chi connectivity index (χ1n) is 4.10. The van der Waals surface area contributed by atoms with Crippen LogP contribution in [0.4, 0.5) is 13.2 Å². The molecular weight excluding hydrogens is 299 g/mol. The minimum absolute atomic E-state index is 0.218. The largest absolute Gasteiger partial charge is 0.446 e. The van der Waals surface area contributed by atoms with Crippen LogP contribution in [0.1, 0.15) is 5.56 Å². The maximum atomic E-state index is 12.0. The van der Waals surface area contributed by atoms with E-state index in [1.807, 2.05) is 0 Å². The summed E-state index contributed by atoms with van der Waals surface area (Å²) in [5, 5.41) is 4.60. The van der Waals surface area contributed by atoms with Crippen LogP contribution < -0.4 is 0 Å². The molecule has 0 atom stereocenters. The topological polar surface area (TPSA) is 24.7 Å². The maximum Gasteiger partial charge on any atom is 0.446 e. The Kier molecular flexibility index (Phi) is 4.80. The number of nitrogens with zero attached hydrogens (tertiary/aromatic N) is 2. The summed E-state index contributed by atoms with van der Waals surface area (Å²) in [7, 11) is 0. The van der Waals surface area contributed by atoms with Gasteiger partial charge >= 0.3 is 6.18 Å². The van der Waals surface area contributed by atoms with E-state index in [1.165, 1.54) is 24.3 Å². The number of hydrogen-bond donors (Lipinski definition) is 0. The Hall–Kier alpha value is -0.780. The third-order valence-electron chi connectivity index (χ3n) is 1.54. The summed E-state index contributed by atoms with van der Waals surface area (Å²) in [6.07, 6.45) is -4.73. The average Bonchev–Trinajstić information content (AvgIpc) is 2.25. The van der Waals surface area contributed by atoms with Gasteiger partial charge in [0.1, 0.15) is 0 Å². The molecule has 0 aliphatic rings. The molecule has 92 valence electrons. The number of hydrogen-bond acceptors (Lipinski definition) is 2. The van der Waals surface area contributed by atoms with Crippen LogP contribution in [0, 0.1) is 0 Å². The molecule has 1 aromatic rings. The summed E-state index contributed by atoms with van der Waals surface area (Å²) in [6, 6.07) is 6.02. The Morgan fingerprint density at radius 2 is 1.53 bits per heavy atom. The fourth-order valence-corrected chi connectivity index (χ4v) is 1.12. The van der Waals surface area contributed by atoms with Crippen molar-refractivity contribution in [3.05, 3.63) is 34.9 Å². The van der Waals surface area contributed by atoms with E-state index in [0.717, 1.165) is 0 Å². The van der Waals surface area contributed by atoms with Gasteiger partial charge in [0.05, 0.1) is 0 Å². The summed E-state index contributed by atoms with van der Waals surface area (Å²) < 4.78 is 35.9. The standard InChI is InChI=1S/C9H4Cl3F3N2/c10-6-3-1-5(2-4-6)7(11)16-17-8(12)9(13,14)15/h1-4H/b16-7-,17-8-. The SMILES string of the molecule is FC(F)(F)/C(Cl)=N/N=C(\Cl)c1ccc(Cl)cc1. The van der Waals surface area contributed by atoms with Crippen molar-refractivity contribution in [2.75, 3.05) is 0 Å². The van der Waals surface area contributed by atoms with Crippen LogP contribution in [0.2, 0.25) is 5.02 Å². The van der Waals surface area contributed by atoms with Crippen molar-refractivity contribution in [1.29, 1.82) is 0 Å². The van der Waals surface area contributed by atoms with E-state index in [9.17, 15) is 13.2 Å². The van der Waals surface area contributed by atoms with E-state index >= 15 is 0 Å². The Morgan fingerprint density at radius 1 is 1.00 bits per heavy atom. The maximum absolute atomic E-state index is 12.0. The molecule has 8 heteroatoms. The summed E-state index contributed by atoms with van der Waals surface area (Å²) in [4.78, 5) is 0. The molecule has 0 spiro atoms. The zero-order chi connectivity index (χ0) is 13.1. The molecule has 0 fully saturated rings. The molecule has 17 heavy (non-hydrogen) atoms. The molecule has 0 heterocycles. The lowest BCUT2D eigenvalue weighted by Gasteiger charge is -2.00. The highest BCUT2D eigenvalue weighted by atomic mass is 35.5. The second kappa shape index (κ2) is 5.71. The van der Waals surface area contributed by atoms with Gasteiger partial charge in [-0.3, -0.25) is 0 Å². The van der Waals surface area contributed by atoms with Gasteiger partial charge in [0.2, 0.25) is 5.17 Å². The quantitative estimate of drug-likeness (QED) is 0.570. The number of alkyl halides is 3. The van der Waals surface area contributed by atoms with Crippen LogP contribution in [-0.2, 0) is 0 Å². The van der Waals surface area contributed by atoms with Gasteiger partial charge in [0.25, 0.3) is 0 Å². The van der Waals surface area contributed by atoms with Crippen molar-refractivity contribution in [2.24, 2.45) is 10.2 Å². The zero-order valence-electron chi connectivity index (χ0n) is 7.97. The predicted molar refractivity (Wildman–Crippen MR) is 63.2 cm³/mol. The van der Waals surface area contributed by atoms with E-state index in [1.54, 1.807) is 0 Å². The first-order valence-corrected chi connectivity index (χ1v) is 5.24. The molecular formula is C9H4Cl3F3N2. The number of halogens is 6. The zero-order valence-corrected chi connectivity index (χ0v) is 10.2. The van der Waals surface area contributed by atoms with E-state index in [0.29, 0.717) is 10.6 Å². The fraction of sp³-hybridized carbons (Fsp3) is 0.111. The minimum Gasteiger partial charge on any atom is -0.164 e. The number of benzene rings is 1. The van der Waals surface area contributed by atoms with Gasteiger partial charge in [-0.1, -0.05) is 46.9 Å². The molecule has 0 saturated carbocycles. The normalized spacial score (nSPS) is 14.0. The Bertz CT molecular complexity index is 452. The third kappa shape index (κ3) is 4.53. The monoisotopic (exact) mass is 302 g/mol. The second-order valence-corrected chi connectivity index (χ2v) is 3.94. The van der Waals surface area contributed by atoms with Crippen molar-refractivity contribution in [1.82, 2.24) is 0 Å². The smallest absolute Gasteiger partial charge is 0.164 e. The van der Waals surface area contributed by atoms with Crippen LogP contribution in [0.15, 0.2) is 34.5 Å². The second-order valence-electron chi connectivity index (χ2n) is 2.79. The lowest BCUT2D eigenvalue weighted by molar-refractivity contribution is -0.0560.